The predicted octanol–water partition coefficient (Wildman–Crippen LogP) is 4.86. The van der Waals surface area contributed by atoms with Gasteiger partial charge in [-0.1, -0.05) is 18.2 Å². The summed E-state index contributed by atoms with van der Waals surface area (Å²) in [6.45, 7) is 5.64. The molecule has 0 bridgehead atoms. The first-order chi connectivity index (χ1) is 17.5. The van der Waals surface area contributed by atoms with Crippen molar-refractivity contribution >= 4 is 23.4 Å². The summed E-state index contributed by atoms with van der Waals surface area (Å²) in [5.74, 6) is 1.99. The van der Waals surface area contributed by atoms with Crippen LogP contribution in [0.4, 0.5) is 0 Å². The van der Waals surface area contributed by atoms with E-state index in [1.807, 2.05) is 44.4 Å². The third kappa shape index (κ3) is 7.32. The Labute approximate surface area is 217 Å². The van der Waals surface area contributed by atoms with E-state index >= 15 is 0 Å². The molecule has 3 heterocycles. The van der Waals surface area contributed by atoms with E-state index in [0.717, 1.165) is 53.3 Å². The second kappa shape index (κ2) is 12.6. The third-order valence-corrected chi connectivity index (χ3v) is 7.12. The molecule has 0 spiro atoms. The fourth-order valence-electron chi connectivity index (χ4n) is 4.19. The number of carbonyl (C=O) groups is 1. The van der Waals surface area contributed by atoms with Gasteiger partial charge < -0.3 is 14.5 Å². The molecule has 1 fully saturated rings. The lowest BCUT2D eigenvalue weighted by Gasteiger charge is -2.28. The summed E-state index contributed by atoms with van der Waals surface area (Å²) in [6.07, 6.45) is 12.0. The van der Waals surface area contributed by atoms with E-state index in [1.54, 1.807) is 12.4 Å². The van der Waals surface area contributed by atoms with Gasteiger partial charge in [-0.3, -0.25) is 4.79 Å². The highest BCUT2D eigenvalue weighted by atomic mass is 32.1. The maximum atomic E-state index is 10.9. The number of benzene rings is 1. The minimum atomic E-state index is 0.596. The Kier molecular flexibility index (Phi) is 8.97. The zero-order valence-corrected chi connectivity index (χ0v) is 21.9. The fraction of sp³-hybridized carbons (Fsp3) is 0.357. The molecule has 1 aliphatic heterocycles. The maximum absolute atomic E-state index is 10.9. The molecule has 0 saturated carbocycles. The molecule has 0 amide bonds. The van der Waals surface area contributed by atoms with Gasteiger partial charge in [0.1, 0.15) is 6.29 Å². The van der Waals surface area contributed by atoms with Gasteiger partial charge in [-0.25, -0.2) is 9.97 Å². The number of nitrogens with zero attached hydrogens (tertiary/aromatic N) is 5. The van der Waals surface area contributed by atoms with Crippen molar-refractivity contribution in [3.63, 3.8) is 0 Å². The van der Waals surface area contributed by atoms with Crippen molar-refractivity contribution < 1.29 is 9.53 Å². The van der Waals surface area contributed by atoms with Crippen LogP contribution in [0.1, 0.15) is 29.0 Å². The normalized spacial score (nSPS) is 15.4. The summed E-state index contributed by atoms with van der Waals surface area (Å²) in [7, 11) is 4.18. The molecule has 4 rings (SSSR count). The predicted molar refractivity (Wildman–Crippen MR) is 145 cm³/mol. The van der Waals surface area contributed by atoms with Crippen LogP contribution in [0.2, 0.25) is 0 Å². The number of carbonyl (C=O) groups excluding carboxylic acids is 1. The van der Waals surface area contributed by atoms with Gasteiger partial charge in [-0.2, -0.15) is 4.37 Å². The smallest absolute Gasteiger partial charge is 0.159 e. The van der Waals surface area contributed by atoms with Crippen molar-refractivity contribution in [1.29, 1.82) is 0 Å². The number of piperidine rings is 1. The number of hydrogen-bond acceptors (Lipinski definition) is 8. The van der Waals surface area contributed by atoms with Crippen molar-refractivity contribution in [3.05, 3.63) is 77.2 Å². The lowest BCUT2D eigenvalue weighted by molar-refractivity contribution is -0.104. The number of likely N-dealkylation sites (tertiary alicyclic amines) is 1. The number of aldehydes is 1. The van der Waals surface area contributed by atoms with Gasteiger partial charge in [0.25, 0.3) is 0 Å². The lowest BCUT2D eigenvalue weighted by Crippen LogP contribution is -2.32. The zero-order valence-electron chi connectivity index (χ0n) is 21.1. The second-order valence-electron chi connectivity index (χ2n) is 9.33. The van der Waals surface area contributed by atoms with E-state index in [4.69, 9.17) is 4.74 Å². The topological polar surface area (TPSA) is 71.5 Å². The summed E-state index contributed by atoms with van der Waals surface area (Å²) >= 11 is 1.43. The van der Waals surface area contributed by atoms with Crippen molar-refractivity contribution in [1.82, 2.24) is 24.1 Å². The maximum Gasteiger partial charge on any atom is 0.159 e. The van der Waals surface area contributed by atoms with Gasteiger partial charge in [0.05, 0.1) is 29.6 Å². The Morgan fingerprint density at radius 3 is 2.69 bits per heavy atom. The van der Waals surface area contributed by atoms with Crippen LogP contribution >= 0.6 is 11.5 Å². The monoisotopic (exact) mass is 503 g/mol. The molecule has 36 heavy (non-hydrogen) atoms. The summed E-state index contributed by atoms with van der Waals surface area (Å²) < 4.78 is 10.3. The first-order valence-corrected chi connectivity index (χ1v) is 13.0. The van der Waals surface area contributed by atoms with Crippen LogP contribution in [0.15, 0.2) is 61.1 Å². The molecular formula is C28H33N5O2S. The molecule has 3 aromatic rings. The molecule has 7 nitrogen and oxygen atoms in total. The van der Waals surface area contributed by atoms with E-state index in [-0.39, 0.29) is 0 Å². The first kappa shape index (κ1) is 25.7. The molecule has 0 radical (unpaired) electrons. The molecule has 2 aromatic heterocycles. The summed E-state index contributed by atoms with van der Waals surface area (Å²) in [5.41, 5.74) is 4.02. The molecule has 8 heteroatoms. The van der Waals surface area contributed by atoms with Crippen molar-refractivity contribution in [2.45, 2.75) is 26.3 Å². The molecule has 188 valence electrons. The second-order valence-corrected chi connectivity index (χ2v) is 10.1. The number of ether oxygens (including phenoxy) is 1. The highest BCUT2D eigenvalue weighted by Gasteiger charge is 2.17. The summed E-state index contributed by atoms with van der Waals surface area (Å²) in [5, 5.41) is 0. The van der Waals surface area contributed by atoms with Gasteiger partial charge in [-0.05, 0) is 87.2 Å². The lowest BCUT2D eigenvalue weighted by atomic mass is 9.98. The Morgan fingerprint density at radius 1 is 1.22 bits per heavy atom. The van der Waals surface area contributed by atoms with E-state index in [2.05, 4.69) is 43.3 Å². The van der Waals surface area contributed by atoms with E-state index in [1.165, 1.54) is 30.5 Å². The number of hydrogen-bond donors (Lipinski definition) is 0. The minimum absolute atomic E-state index is 0.596. The number of aromatic nitrogens is 3. The fourth-order valence-corrected chi connectivity index (χ4v) is 4.94. The highest BCUT2D eigenvalue weighted by molar-refractivity contribution is 7.07. The Bertz CT molecular complexity index is 1200. The molecule has 0 atom stereocenters. The third-order valence-electron chi connectivity index (χ3n) is 6.20. The van der Waals surface area contributed by atoms with Crippen LogP contribution in [-0.4, -0.2) is 64.2 Å². The van der Waals surface area contributed by atoms with Gasteiger partial charge in [0.2, 0.25) is 0 Å². The number of allylic oxidation sites excluding steroid dienone is 3. The van der Waals surface area contributed by atoms with Crippen LogP contribution in [0, 0.1) is 12.8 Å². The van der Waals surface area contributed by atoms with E-state index in [0.29, 0.717) is 24.0 Å². The molecule has 0 aliphatic carbocycles. The molecule has 1 saturated heterocycles. The van der Waals surface area contributed by atoms with Crippen LogP contribution in [0.3, 0.4) is 0 Å². The minimum Gasteiger partial charge on any atom is -0.490 e. The van der Waals surface area contributed by atoms with Crippen molar-refractivity contribution in [3.8, 4) is 17.1 Å². The van der Waals surface area contributed by atoms with Crippen LogP contribution in [0.5, 0.6) is 5.75 Å². The zero-order chi connectivity index (χ0) is 25.3. The van der Waals surface area contributed by atoms with Gasteiger partial charge in [-0.15, -0.1) is 0 Å². The quantitative estimate of drug-likeness (QED) is 0.222. The van der Waals surface area contributed by atoms with Crippen molar-refractivity contribution in [2.75, 3.05) is 33.8 Å². The average Bonchev–Trinajstić information content (AvgIpc) is 3.33. The SMILES string of the molecule is Cc1cc(C(/C=C\C=O)=C/N(C)Cc2cccc(-c3ncc(OCC4CCN(C)CC4)cn3)c2)sn1. The van der Waals surface area contributed by atoms with Gasteiger partial charge in [0, 0.05) is 30.9 Å². The van der Waals surface area contributed by atoms with E-state index < -0.39 is 0 Å². The summed E-state index contributed by atoms with van der Waals surface area (Å²) in [4.78, 5) is 25.5. The van der Waals surface area contributed by atoms with Gasteiger partial charge in [0.15, 0.2) is 11.6 Å². The largest absolute Gasteiger partial charge is 0.490 e. The van der Waals surface area contributed by atoms with Crippen LogP contribution in [0.25, 0.3) is 17.0 Å². The van der Waals surface area contributed by atoms with Gasteiger partial charge >= 0.3 is 0 Å². The molecule has 1 aromatic carbocycles. The standard InChI is InChI=1S/C28H33N5O2S/c1-21-14-27(36-31-21)25(8-5-13-34)19-33(3)18-23-6-4-7-24(15-23)28-29-16-26(17-30-28)35-20-22-9-11-32(2)12-10-22/h4-8,13-17,19,22H,9-12,18,20H2,1-3H3/b8-5-,25-19+. The Balaban J connectivity index is 1.39. The van der Waals surface area contributed by atoms with Crippen LogP contribution in [-0.2, 0) is 11.3 Å². The molecule has 1 aliphatic rings. The first-order valence-electron chi connectivity index (χ1n) is 12.2. The molecular weight excluding hydrogens is 470 g/mol. The van der Waals surface area contributed by atoms with E-state index in [9.17, 15) is 4.79 Å². The number of aryl methyl sites for hydroxylation is 1. The molecule has 0 unspecified atom stereocenters. The highest BCUT2D eigenvalue weighted by Crippen LogP contribution is 2.24. The van der Waals surface area contributed by atoms with Crippen LogP contribution < -0.4 is 4.74 Å². The Morgan fingerprint density at radius 2 is 2.00 bits per heavy atom. The Hall–Kier alpha value is -3.36. The summed E-state index contributed by atoms with van der Waals surface area (Å²) in [6, 6.07) is 10.3. The average molecular weight is 504 g/mol. The van der Waals surface area contributed by atoms with Crippen molar-refractivity contribution in [2.24, 2.45) is 5.92 Å². The number of rotatable bonds is 10. The molecule has 0 N–H and O–H groups in total.